The number of carbonyl (C=O) groups excluding carboxylic acids is 3. The van der Waals surface area contributed by atoms with E-state index < -0.39 is 23.8 Å². The molecule has 8 nitrogen and oxygen atoms in total. The maximum Gasteiger partial charge on any atom is 0.354 e. The quantitative estimate of drug-likeness (QED) is 0.0888. The molecule has 1 fully saturated rings. The lowest BCUT2D eigenvalue weighted by Crippen LogP contribution is -2.59. The van der Waals surface area contributed by atoms with Crippen molar-refractivity contribution in [1.82, 2.24) is 0 Å². The fourth-order valence-electron chi connectivity index (χ4n) is 5.87. The topological polar surface area (TPSA) is 88.5 Å². The molecule has 226 valence electrons. The Morgan fingerprint density at radius 1 is 0.800 bits per heavy atom. The lowest BCUT2D eigenvalue weighted by atomic mass is 9.79. The van der Waals surface area contributed by atoms with E-state index in [1.807, 2.05) is 97.1 Å². The standard InChI is InChI=1S/C36H30BrN3O5/c1-44-28-19-17-26(18-20-28)39-30(31(35(39)42)23-9-5-3-6-10-23)22-21-29-32(36(43)45-2)38-40(27-15-13-25(37)14-16-27)33(29)34(41)24-11-7-4-8-12-24/h3-22,29-31,33H,1-2H3/t29-,30+,31-,33-/m1/s1. The molecule has 4 aromatic carbocycles. The Morgan fingerprint density at radius 3 is 2.04 bits per heavy atom. The maximum absolute atomic E-state index is 14.2. The summed E-state index contributed by atoms with van der Waals surface area (Å²) in [7, 11) is 2.89. The molecule has 0 bridgehead atoms. The number of β-lactam (4-membered cyclic amide) rings is 1. The molecule has 0 unspecified atom stereocenters. The van der Waals surface area contributed by atoms with Gasteiger partial charge in [-0.1, -0.05) is 88.7 Å². The van der Waals surface area contributed by atoms with Gasteiger partial charge in [0.2, 0.25) is 5.91 Å². The van der Waals surface area contributed by atoms with Gasteiger partial charge in [0.15, 0.2) is 11.5 Å². The number of nitrogens with zero attached hydrogens (tertiary/aromatic N) is 3. The first-order valence-electron chi connectivity index (χ1n) is 14.4. The predicted octanol–water partition coefficient (Wildman–Crippen LogP) is 6.43. The third-order valence-corrected chi connectivity index (χ3v) is 8.64. The first-order chi connectivity index (χ1) is 21.9. The van der Waals surface area contributed by atoms with Crippen LogP contribution in [-0.2, 0) is 14.3 Å². The van der Waals surface area contributed by atoms with Crippen LogP contribution in [0, 0.1) is 5.92 Å². The van der Waals surface area contributed by atoms with Crippen LogP contribution in [0.25, 0.3) is 0 Å². The van der Waals surface area contributed by atoms with Gasteiger partial charge in [0.05, 0.1) is 37.8 Å². The molecule has 0 aliphatic carbocycles. The van der Waals surface area contributed by atoms with Crippen LogP contribution in [0.2, 0.25) is 0 Å². The third kappa shape index (κ3) is 5.79. The lowest BCUT2D eigenvalue weighted by molar-refractivity contribution is -0.133. The Kier molecular flexibility index (Phi) is 8.62. The van der Waals surface area contributed by atoms with E-state index >= 15 is 0 Å². The summed E-state index contributed by atoms with van der Waals surface area (Å²) in [5.41, 5.74) is 2.83. The Balaban J connectivity index is 1.43. The lowest BCUT2D eigenvalue weighted by Gasteiger charge is -2.46. The van der Waals surface area contributed by atoms with E-state index in [1.165, 1.54) is 7.11 Å². The molecule has 4 aromatic rings. The maximum atomic E-state index is 14.2. The van der Waals surface area contributed by atoms with Crippen LogP contribution in [0.3, 0.4) is 0 Å². The summed E-state index contributed by atoms with van der Waals surface area (Å²) in [6, 6.07) is 31.9. The summed E-state index contributed by atoms with van der Waals surface area (Å²) in [5, 5.41) is 6.26. The van der Waals surface area contributed by atoms with Crippen LogP contribution in [0.15, 0.2) is 131 Å². The van der Waals surface area contributed by atoms with Crippen molar-refractivity contribution in [3.05, 3.63) is 137 Å². The van der Waals surface area contributed by atoms with Gasteiger partial charge in [-0.2, -0.15) is 5.10 Å². The average Bonchev–Trinajstić information content (AvgIpc) is 3.46. The van der Waals surface area contributed by atoms with Gasteiger partial charge in [-0.25, -0.2) is 4.79 Å². The molecule has 2 aliphatic rings. The average molecular weight is 665 g/mol. The Hall–Kier alpha value is -5.02. The molecular formula is C36H30BrN3O5. The van der Waals surface area contributed by atoms with Gasteiger partial charge in [-0.3, -0.25) is 14.6 Å². The summed E-state index contributed by atoms with van der Waals surface area (Å²) in [6.07, 6.45) is 3.73. The number of ether oxygens (including phenoxy) is 2. The smallest absolute Gasteiger partial charge is 0.354 e. The van der Waals surface area contributed by atoms with E-state index in [-0.39, 0.29) is 23.4 Å². The van der Waals surface area contributed by atoms with E-state index in [4.69, 9.17) is 9.47 Å². The number of anilines is 2. The first kappa shape index (κ1) is 30.0. The second-order valence-electron chi connectivity index (χ2n) is 10.7. The number of esters is 1. The van der Waals surface area contributed by atoms with Gasteiger partial charge in [0.1, 0.15) is 11.8 Å². The van der Waals surface area contributed by atoms with Gasteiger partial charge < -0.3 is 14.4 Å². The van der Waals surface area contributed by atoms with Gasteiger partial charge >= 0.3 is 5.97 Å². The number of carbonyl (C=O) groups is 3. The minimum Gasteiger partial charge on any atom is -0.497 e. The largest absolute Gasteiger partial charge is 0.497 e. The second-order valence-corrected chi connectivity index (χ2v) is 11.6. The minimum absolute atomic E-state index is 0.0531. The van der Waals surface area contributed by atoms with Crippen molar-refractivity contribution < 1.29 is 23.9 Å². The second kappa shape index (κ2) is 12.9. The summed E-state index contributed by atoms with van der Waals surface area (Å²) < 4.78 is 11.3. The van der Waals surface area contributed by atoms with Crippen molar-refractivity contribution in [2.45, 2.75) is 18.0 Å². The molecule has 4 atom stereocenters. The van der Waals surface area contributed by atoms with E-state index in [9.17, 15) is 14.4 Å². The molecule has 0 N–H and O–H groups in total. The SMILES string of the molecule is COC(=O)C1=NN(c2ccc(Br)cc2)[C@@H](C(=O)c2ccccc2)[C@@H]1C=C[C@H]1[C@@H](c2ccccc2)C(=O)N1c1ccc(OC)cc1. The fraction of sp³-hybridized carbons (Fsp3) is 0.167. The molecule has 1 saturated heterocycles. The normalized spacial score (nSPS) is 21.0. The number of hydrazone groups is 1. The summed E-state index contributed by atoms with van der Waals surface area (Å²) in [4.78, 5) is 42.7. The van der Waals surface area contributed by atoms with Crippen LogP contribution in [0.1, 0.15) is 21.8 Å². The zero-order chi connectivity index (χ0) is 31.5. The van der Waals surface area contributed by atoms with Crippen molar-refractivity contribution in [2.75, 3.05) is 24.1 Å². The Morgan fingerprint density at radius 2 is 1.42 bits per heavy atom. The highest BCUT2D eigenvalue weighted by atomic mass is 79.9. The van der Waals surface area contributed by atoms with Crippen molar-refractivity contribution >= 4 is 50.7 Å². The molecule has 2 aliphatic heterocycles. The highest BCUT2D eigenvalue weighted by Crippen LogP contribution is 2.41. The van der Waals surface area contributed by atoms with Crippen LogP contribution in [-0.4, -0.2) is 49.7 Å². The van der Waals surface area contributed by atoms with Gasteiger partial charge in [0, 0.05) is 15.7 Å². The van der Waals surface area contributed by atoms with Crippen LogP contribution >= 0.6 is 15.9 Å². The number of hydrogen-bond acceptors (Lipinski definition) is 7. The van der Waals surface area contributed by atoms with E-state index in [0.29, 0.717) is 22.7 Å². The summed E-state index contributed by atoms with van der Waals surface area (Å²) in [5.74, 6) is -1.42. The molecule has 2 heterocycles. The van der Waals surface area contributed by atoms with Crippen LogP contribution in [0.5, 0.6) is 5.75 Å². The summed E-state index contributed by atoms with van der Waals surface area (Å²) >= 11 is 3.46. The number of Topliss-reactive ketones (excluding diaryl/α,β-unsaturated/α-hetero) is 1. The van der Waals surface area contributed by atoms with Gasteiger partial charge in [0.25, 0.3) is 0 Å². The Labute approximate surface area is 269 Å². The highest BCUT2D eigenvalue weighted by Gasteiger charge is 2.49. The number of rotatable bonds is 9. The van der Waals surface area contributed by atoms with Crippen LogP contribution < -0.4 is 14.6 Å². The molecule has 0 radical (unpaired) electrons. The van der Waals surface area contributed by atoms with Crippen molar-refractivity contribution in [3.63, 3.8) is 0 Å². The number of methoxy groups -OCH3 is 2. The van der Waals surface area contributed by atoms with E-state index in [2.05, 4.69) is 21.0 Å². The molecular weight excluding hydrogens is 634 g/mol. The Bertz CT molecular complexity index is 1760. The monoisotopic (exact) mass is 663 g/mol. The fourth-order valence-corrected chi connectivity index (χ4v) is 6.13. The third-order valence-electron chi connectivity index (χ3n) is 8.12. The number of ketones is 1. The number of benzene rings is 4. The molecule has 0 saturated carbocycles. The van der Waals surface area contributed by atoms with Crippen molar-refractivity contribution in [1.29, 1.82) is 0 Å². The molecule has 0 spiro atoms. The zero-order valence-electron chi connectivity index (χ0n) is 24.6. The number of halogens is 1. The highest BCUT2D eigenvalue weighted by molar-refractivity contribution is 9.10. The number of hydrogen-bond donors (Lipinski definition) is 0. The minimum atomic E-state index is -0.876. The van der Waals surface area contributed by atoms with Crippen molar-refractivity contribution in [3.8, 4) is 5.75 Å². The summed E-state index contributed by atoms with van der Waals surface area (Å²) in [6.45, 7) is 0. The molecule has 1 amide bonds. The molecule has 9 heteroatoms. The molecule has 6 rings (SSSR count). The van der Waals surface area contributed by atoms with E-state index in [0.717, 1.165) is 10.0 Å². The van der Waals surface area contributed by atoms with Crippen LogP contribution in [0.4, 0.5) is 11.4 Å². The zero-order valence-corrected chi connectivity index (χ0v) is 26.2. The molecule has 0 aromatic heterocycles. The number of amides is 1. The van der Waals surface area contributed by atoms with Gasteiger partial charge in [-0.05, 0) is 54.1 Å². The first-order valence-corrected chi connectivity index (χ1v) is 15.2. The van der Waals surface area contributed by atoms with E-state index in [1.54, 1.807) is 41.3 Å². The van der Waals surface area contributed by atoms with Gasteiger partial charge in [-0.15, -0.1) is 0 Å². The predicted molar refractivity (Wildman–Crippen MR) is 177 cm³/mol. The van der Waals surface area contributed by atoms with Crippen molar-refractivity contribution in [2.24, 2.45) is 11.0 Å². The molecule has 45 heavy (non-hydrogen) atoms.